The largest absolute Gasteiger partial charge is 0.350 e. The van der Waals surface area contributed by atoms with Gasteiger partial charge in [-0.25, -0.2) is 0 Å². The van der Waals surface area contributed by atoms with Crippen LogP contribution in [0.4, 0.5) is 0 Å². The molecule has 0 bridgehead atoms. The molecule has 0 spiro atoms. The van der Waals surface area contributed by atoms with Crippen molar-refractivity contribution in [3.8, 4) is 0 Å². The Balaban J connectivity index is 1.63. The number of hydrogen-bond acceptors (Lipinski definition) is 4. The number of piperidine rings is 1. The SMILES string of the molecule is C[C@H](N)C(=O)N[C@H]1CC[C@H]2CC[C@@H](C(=O)NCc3cccc(Cl)c3)N2C1=O. The van der Waals surface area contributed by atoms with Crippen LogP contribution in [0, 0.1) is 0 Å². The molecule has 3 amide bonds. The Morgan fingerprint density at radius 1 is 1.30 bits per heavy atom. The minimum absolute atomic E-state index is 0.0582. The summed E-state index contributed by atoms with van der Waals surface area (Å²) in [6.07, 6.45) is 2.78. The van der Waals surface area contributed by atoms with E-state index < -0.39 is 18.1 Å². The fourth-order valence-corrected chi connectivity index (χ4v) is 4.02. The number of nitrogens with one attached hydrogen (secondary N) is 2. The fourth-order valence-electron chi connectivity index (χ4n) is 3.81. The molecular weight excluding hydrogens is 368 g/mol. The Bertz CT molecular complexity index is 739. The van der Waals surface area contributed by atoms with Gasteiger partial charge in [-0.3, -0.25) is 14.4 Å². The fraction of sp³-hybridized carbons (Fsp3) is 0.526. The van der Waals surface area contributed by atoms with E-state index in [-0.39, 0.29) is 23.8 Å². The molecule has 0 unspecified atom stereocenters. The normalized spacial score (nSPS) is 25.7. The van der Waals surface area contributed by atoms with E-state index in [1.54, 1.807) is 24.0 Å². The molecule has 8 heteroatoms. The first-order chi connectivity index (χ1) is 12.9. The minimum atomic E-state index is -0.675. The van der Waals surface area contributed by atoms with Gasteiger partial charge in [-0.15, -0.1) is 0 Å². The molecule has 2 fully saturated rings. The summed E-state index contributed by atoms with van der Waals surface area (Å²) in [7, 11) is 0. The Morgan fingerprint density at radius 2 is 2.04 bits per heavy atom. The number of hydrogen-bond donors (Lipinski definition) is 3. The quantitative estimate of drug-likeness (QED) is 0.693. The van der Waals surface area contributed by atoms with Crippen LogP contribution in [-0.2, 0) is 20.9 Å². The van der Waals surface area contributed by atoms with Crippen molar-refractivity contribution in [3.05, 3.63) is 34.9 Å². The Labute approximate surface area is 163 Å². The molecule has 2 heterocycles. The summed E-state index contributed by atoms with van der Waals surface area (Å²) < 4.78 is 0. The highest BCUT2D eigenvalue weighted by molar-refractivity contribution is 6.30. The van der Waals surface area contributed by atoms with Crippen LogP contribution < -0.4 is 16.4 Å². The molecule has 0 aliphatic carbocycles. The van der Waals surface area contributed by atoms with Crippen molar-refractivity contribution in [1.82, 2.24) is 15.5 Å². The molecule has 1 aromatic rings. The molecule has 7 nitrogen and oxygen atoms in total. The standard InChI is InChI=1S/C19H25ClN4O3/c1-11(21)17(25)23-15-7-5-14-6-8-16(24(14)19(15)27)18(26)22-10-12-3-2-4-13(20)9-12/h2-4,9,11,14-16H,5-8,10,21H2,1H3,(H,22,26)(H,23,25)/t11-,14-,15-,16-/m0/s1. The summed E-state index contributed by atoms with van der Waals surface area (Å²) in [4.78, 5) is 39.1. The van der Waals surface area contributed by atoms with E-state index >= 15 is 0 Å². The summed E-state index contributed by atoms with van der Waals surface area (Å²) in [6, 6.07) is 5.55. The van der Waals surface area contributed by atoms with Crippen LogP contribution in [0.15, 0.2) is 24.3 Å². The van der Waals surface area contributed by atoms with E-state index in [2.05, 4.69) is 10.6 Å². The first kappa shape index (κ1) is 19.6. The highest BCUT2D eigenvalue weighted by Crippen LogP contribution is 2.32. The molecule has 0 saturated carbocycles. The maximum Gasteiger partial charge on any atom is 0.246 e. The molecule has 4 atom stereocenters. The van der Waals surface area contributed by atoms with Gasteiger partial charge in [0.15, 0.2) is 0 Å². The summed E-state index contributed by atoms with van der Waals surface area (Å²) in [6.45, 7) is 1.93. The summed E-state index contributed by atoms with van der Waals surface area (Å²) in [5.74, 6) is -0.724. The second kappa shape index (κ2) is 8.27. The van der Waals surface area contributed by atoms with Crippen LogP contribution in [0.5, 0.6) is 0 Å². The number of rotatable bonds is 5. The van der Waals surface area contributed by atoms with Gasteiger partial charge in [0.05, 0.1) is 6.04 Å². The van der Waals surface area contributed by atoms with Gasteiger partial charge in [-0.2, -0.15) is 0 Å². The molecule has 4 N–H and O–H groups in total. The number of carbonyl (C=O) groups is 3. The molecule has 27 heavy (non-hydrogen) atoms. The molecule has 0 radical (unpaired) electrons. The lowest BCUT2D eigenvalue weighted by atomic mass is 9.97. The molecule has 3 rings (SSSR count). The second-order valence-electron chi connectivity index (χ2n) is 7.27. The van der Waals surface area contributed by atoms with Crippen molar-refractivity contribution in [1.29, 1.82) is 0 Å². The second-order valence-corrected chi connectivity index (χ2v) is 7.70. The van der Waals surface area contributed by atoms with E-state index in [0.717, 1.165) is 18.4 Å². The van der Waals surface area contributed by atoms with E-state index in [1.165, 1.54) is 0 Å². The maximum atomic E-state index is 12.9. The molecular formula is C19H25ClN4O3. The zero-order valence-corrected chi connectivity index (χ0v) is 16.0. The van der Waals surface area contributed by atoms with E-state index in [0.29, 0.717) is 24.4 Å². The topological polar surface area (TPSA) is 105 Å². The molecule has 1 aromatic carbocycles. The first-order valence-electron chi connectivity index (χ1n) is 9.27. The van der Waals surface area contributed by atoms with Gasteiger partial charge >= 0.3 is 0 Å². The summed E-state index contributed by atoms with van der Waals surface area (Å²) in [5, 5.41) is 6.21. The monoisotopic (exact) mass is 392 g/mol. The van der Waals surface area contributed by atoms with Crippen molar-refractivity contribution >= 4 is 29.3 Å². The van der Waals surface area contributed by atoms with Crippen LogP contribution in [-0.4, -0.2) is 46.8 Å². The van der Waals surface area contributed by atoms with Crippen LogP contribution >= 0.6 is 11.6 Å². The van der Waals surface area contributed by atoms with Crippen molar-refractivity contribution in [2.75, 3.05) is 0 Å². The number of benzene rings is 1. The zero-order chi connectivity index (χ0) is 19.6. The number of carbonyl (C=O) groups excluding carboxylic acids is 3. The van der Waals surface area contributed by atoms with Crippen LogP contribution in [0.1, 0.15) is 38.2 Å². The van der Waals surface area contributed by atoms with Gasteiger partial charge in [0.1, 0.15) is 12.1 Å². The van der Waals surface area contributed by atoms with Crippen LogP contribution in [0.2, 0.25) is 5.02 Å². The predicted octanol–water partition coefficient (Wildman–Crippen LogP) is 0.942. The number of nitrogens with zero attached hydrogens (tertiary/aromatic N) is 1. The van der Waals surface area contributed by atoms with Crippen LogP contribution in [0.25, 0.3) is 0 Å². The molecule has 0 aromatic heterocycles. The van der Waals surface area contributed by atoms with Crippen molar-refractivity contribution in [2.45, 2.75) is 63.3 Å². The number of fused-ring (bicyclic) bond motifs is 1. The van der Waals surface area contributed by atoms with E-state index in [1.807, 2.05) is 12.1 Å². The minimum Gasteiger partial charge on any atom is -0.350 e. The van der Waals surface area contributed by atoms with E-state index in [4.69, 9.17) is 17.3 Å². The Morgan fingerprint density at radius 3 is 2.74 bits per heavy atom. The Hall–Kier alpha value is -2.12. The summed E-state index contributed by atoms with van der Waals surface area (Å²) >= 11 is 5.97. The smallest absolute Gasteiger partial charge is 0.246 e. The van der Waals surface area contributed by atoms with Crippen molar-refractivity contribution < 1.29 is 14.4 Å². The van der Waals surface area contributed by atoms with Gasteiger partial charge in [-0.05, 0) is 50.3 Å². The average molecular weight is 393 g/mol. The van der Waals surface area contributed by atoms with Crippen LogP contribution in [0.3, 0.4) is 0 Å². The lowest BCUT2D eigenvalue weighted by molar-refractivity contribution is -0.146. The lowest BCUT2D eigenvalue weighted by Gasteiger charge is -2.38. The zero-order valence-electron chi connectivity index (χ0n) is 15.3. The summed E-state index contributed by atoms with van der Waals surface area (Å²) in [5.41, 5.74) is 6.48. The predicted molar refractivity (Wildman–Crippen MR) is 102 cm³/mol. The first-order valence-corrected chi connectivity index (χ1v) is 9.65. The van der Waals surface area contributed by atoms with Gasteiger partial charge < -0.3 is 21.3 Å². The third-order valence-corrected chi connectivity index (χ3v) is 5.47. The maximum absolute atomic E-state index is 12.9. The molecule has 2 aliphatic heterocycles. The third-order valence-electron chi connectivity index (χ3n) is 5.23. The van der Waals surface area contributed by atoms with Gasteiger partial charge in [-0.1, -0.05) is 23.7 Å². The Kier molecular flexibility index (Phi) is 6.01. The van der Waals surface area contributed by atoms with Gasteiger partial charge in [0.25, 0.3) is 0 Å². The highest BCUT2D eigenvalue weighted by atomic mass is 35.5. The number of amides is 3. The third kappa shape index (κ3) is 4.42. The van der Waals surface area contributed by atoms with Gasteiger partial charge in [0, 0.05) is 17.6 Å². The van der Waals surface area contributed by atoms with Crippen molar-refractivity contribution in [2.24, 2.45) is 5.73 Å². The highest BCUT2D eigenvalue weighted by Gasteiger charge is 2.46. The average Bonchev–Trinajstić information content (AvgIpc) is 3.07. The molecule has 146 valence electrons. The number of nitrogens with two attached hydrogens (primary N) is 1. The molecule has 2 aliphatic rings. The van der Waals surface area contributed by atoms with E-state index in [9.17, 15) is 14.4 Å². The lowest BCUT2D eigenvalue weighted by Crippen LogP contribution is -2.59. The van der Waals surface area contributed by atoms with Crippen molar-refractivity contribution in [3.63, 3.8) is 0 Å². The number of halogens is 1. The van der Waals surface area contributed by atoms with Gasteiger partial charge in [0.2, 0.25) is 17.7 Å². The molecule has 2 saturated heterocycles.